The van der Waals surface area contributed by atoms with Gasteiger partial charge in [0.15, 0.2) is 6.61 Å². The fourth-order valence-corrected chi connectivity index (χ4v) is 2.65. The lowest BCUT2D eigenvalue weighted by Gasteiger charge is -2.18. The zero-order valence-corrected chi connectivity index (χ0v) is 17.1. The zero-order valence-electron chi connectivity index (χ0n) is 14.7. The topological polar surface area (TPSA) is 67.4 Å². The summed E-state index contributed by atoms with van der Waals surface area (Å²) in [5.41, 5.74) is 0.670. The van der Waals surface area contributed by atoms with Gasteiger partial charge in [-0.2, -0.15) is 0 Å². The maximum absolute atomic E-state index is 12.1. The quantitative estimate of drug-likeness (QED) is 0.681. The van der Waals surface area contributed by atoms with Crippen LogP contribution in [0.15, 0.2) is 46.9 Å². The zero-order chi connectivity index (χ0) is 19.3. The summed E-state index contributed by atoms with van der Waals surface area (Å²) in [6, 6.07) is 12.1. The molecule has 0 aliphatic carbocycles. The van der Waals surface area contributed by atoms with E-state index < -0.39 is 5.41 Å². The highest BCUT2D eigenvalue weighted by Gasteiger charge is 2.21. The average molecular weight is 440 g/mol. The Morgan fingerprint density at radius 3 is 2.35 bits per heavy atom. The molecule has 2 rings (SSSR count). The van der Waals surface area contributed by atoms with Gasteiger partial charge in [0, 0.05) is 21.3 Å². The monoisotopic (exact) mass is 438 g/mol. The number of hydrogen-bond acceptors (Lipinski definition) is 3. The lowest BCUT2D eigenvalue weighted by Crippen LogP contribution is -2.27. The summed E-state index contributed by atoms with van der Waals surface area (Å²) in [5, 5.41) is 5.97. The van der Waals surface area contributed by atoms with Crippen LogP contribution in [0.4, 0.5) is 11.4 Å². The van der Waals surface area contributed by atoms with Crippen molar-refractivity contribution >= 4 is 50.7 Å². The number of anilines is 2. The maximum Gasteiger partial charge on any atom is 0.262 e. The number of halogens is 2. The molecule has 138 valence electrons. The molecular weight excluding hydrogens is 420 g/mol. The smallest absolute Gasteiger partial charge is 0.262 e. The van der Waals surface area contributed by atoms with Gasteiger partial charge < -0.3 is 15.4 Å². The first kappa shape index (κ1) is 20.3. The Hall–Kier alpha value is -2.05. The molecule has 0 aliphatic rings. The Balaban J connectivity index is 1.94. The summed E-state index contributed by atoms with van der Waals surface area (Å²) in [5.74, 6) is -0.00585. The van der Waals surface area contributed by atoms with Gasteiger partial charge in [-0.05, 0) is 36.4 Å². The summed E-state index contributed by atoms with van der Waals surface area (Å²) >= 11 is 9.36. The van der Waals surface area contributed by atoms with Crippen molar-refractivity contribution in [2.75, 3.05) is 17.2 Å². The van der Waals surface area contributed by atoms with Crippen LogP contribution in [-0.2, 0) is 9.59 Å². The Morgan fingerprint density at radius 2 is 1.73 bits per heavy atom. The van der Waals surface area contributed by atoms with Crippen LogP contribution in [0, 0.1) is 5.41 Å². The number of hydrogen-bond donors (Lipinski definition) is 2. The maximum atomic E-state index is 12.1. The molecule has 2 amide bonds. The highest BCUT2D eigenvalue weighted by molar-refractivity contribution is 9.10. The van der Waals surface area contributed by atoms with Crippen molar-refractivity contribution in [1.29, 1.82) is 0 Å². The third-order valence-corrected chi connectivity index (χ3v) is 4.13. The first-order valence-corrected chi connectivity index (χ1v) is 9.11. The van der Waals surface area contributed by atoms with Crippen LogP contribution in [0.3, 0.4) is 0 Å². The number of nitrogens with one attached hydrogen (secondary N) is 2. The highest BCUT2D eigenvalue weighted by atomic mass is 79.9. The predicted octanol–water partition coefficient (Wildman–Crippen LogP) is 5.10. The third kappa shape index (κ3) is 6.04. The summed E-state index contributed by atoms with van der Waals surface area (Å²) in [4.78, 5) is 24.1. The van der Waals surface area contributed by atoms with Crippen LogP contribution in [0.25, 0.3) is 0 Å². The van der Waals surface area contributed by atoms with Gasteiger partial charge in [0.25, 0.3) is 5.91 Å². The van der Waals surface area contributed by atoms with Gasteiger partial charge in [0.1, 0.15) is 5.75 Å². The highest BCUT2D eigenvalue weighted by Crippen LogP contribution is 2.27. The number of benzene rings is 2. The van der Waals surface area contributed by atoms with Gasteiger partial charge in [0.05, 0.1) is 5.02 Å². The van der Waals surface area contributed by atoms with E-state index in [1.165, 1.54) is 0 Å². The molecule has 0 saturated carbocycles. The van der Waals surface area contributed by atoms with E-state index in [0.717, 1.165) is 4.47 Å². The molecule has 0 unspecified atom stereocenters. The molecule has 5 nitrogen and oxygen atoms in total. The first-order chi connectivity index (χ1) is 12.1. The Bertz CT molecular complexity index is 819. The van der Waals surface area contributed by atoms with Gasteiger partial charge >= 0.3 is 0 Å². The van der Waals surface area contributed by atoms with Crippen LogP contribution < -0.4 is 15.4 Å². The lowest BCUT2D eigenvalue weighted by atomic mass is 9.95. The number of carbonyl (C=O) groups excluding carboxylic acids is 2. The minimum Gasteiger partial charge on any atom is -0.482 e. The Morgan fingerprint density at radius 1 is 1.08 bits per heavy atom. The van der Waals surface area contributed by atoms with Gasteiger partial charge in [0.2, 0.25) is 5.91 Å². The molecule has 2 N–H and O–H groups in total. The van der Waals surface area contributed by atoms with Crippen molar-refractivity contribution in [3.8, 4) is 5.75 Å². The molecule has 0 aliphatic heterocycles. The van der Waals surface area contributed by atoms with E-state index in [9.17, 15) is 9.59 Å². The van der Waals surface area contributed by atoms with Crippen LogP contribution in [0.2, 0.25) is 5.02 Å². The second-order valence-electron chi connectivity index (χ2n) is 6.70. The SMILES string of the molecule is CC(C)(C)C(=O)Nc1cccc(NC(=O)COc2ccc(Br)cc2Cl)c1. The van der Waals surface area contributed by atoms with E-state index in [1.54, 1.807) is 42.5 Å². The number of amides is 2. The minimum absolute atomic E-state index is 0.103. The van der Waals surface area contributed by atoms with E-state index in [-0.39, 0.29) is 18.4 Å². The lowest BCUT2D eigenvalue weighted by molar-refractivity contribution is -0.123. The van der Waals surface area contributed by atoms with Crippen LogP contribution >= 0.6 is 27.5 Å². The molecule has 0 heterocycles. The van der Waals surface area contributed by atoms with E-state index in [4.69, 9.17) is 16.3 Å². The second-order valence-corrected chi connectivity index (χ2v) is 8.02. The molecule has 7 heteroatoms. The molecule has 2 aromatic carbocycles. The number of rotatable bonds is 5. The largest absolute Gasteiger partial charge is 0.482 e. The molecule has 0 fully saturated rings. The number of carbonyl (C=O) groups is 2. The van der Waals surface area contributed by atoms with Crippen molar-refractivity contribution in [3.63, 3.8) is 0 Å². The van der Waals surface area contributed by atoms with E-state index in [1.807, 2.05) is 20.8 Å². The fourth-order valence-electron chi connectivity index (χ4n) is 1.93. The van der Waals surface area contributed by atoms with Crippen molar-refractivity contribution in [2.24, 2.45) is 5.41 Å². The first-order valence-electron chi connectivity index (χ1n) is 7.94. The van der Waals surface area contributed by atoms with Crippen molar-refractivity contribution in [3.05, 3.63) is 52.0 Å². The van der Waals surface area contributed by atoms with Gasteiger partial charge in [-0.25, -0.2) is 0 Å². The second kappa shape index (κ2) is 8.56. The molecule has 0 bridgehead atoms. The summed E-state index contributed by atoms with van der Waals surface area (Å²) in [6.45, 7) is 5.32. The van der Waals surface area contributed by atoms with Gasteiger partial charge in [-0.3, -0.25) is 9.59 Å². The molecule has 2 aromatic rings. The number of ether oxygens (including phenoxy) is 1. The molecule has 0 aromatic heterocycles. The van der Waals surface area contributed by atoms with Crippen molar-refractivity contribution in [2.45, 2.75) is 20.8 Å². The van der Waals surface area contributed by atoms with Crippen molar-refractivity contribution in [1.82, 2.24) is 0 Å². The summed E-state index contributed by atoms with van der Waals surface area (Å²) in [7, 11) is 0. The van der Waals surface area contributed by atoms with E-state index in [0.29, 0.717) is 22.1 Å². The van der Waals surface area contributed by atoms with Crippen molar-refractivity contribution < 1.29 is 14.3 Å². The Kier molecular flexibility index (Phi) is 6.67. The van der Waals surface area contributed by atoms with E-state index >= 15 is 0 Å². The molecule has 26 heavy (non-hydrogen) atoms. The van der Waals surface area contributed by atoms with Crippen LogP contribution in [0.5, 0.6) is 5.75 Å². The van der Waals surface area contributed by atoms with Crippen LogP contribution in [-0.4, -0.2) is 18.4 Å². The summed E-state index contributed by atoms with van der Waals surface area (Å²) < 4.78 is 6.26. The minimum atomic E-state index is -0.503. The summed E-state index contributed by atoms with van der Waals surface area (Å²) in [6.07, 6.45) is 0. The molecule has 0 spiro atoms. The molecule has 0 saturated heterocycles. The normalized spacial score (nSPS) is 11.0. The fraction of sp³-hybridized carbons (Fsp3) is 0.263. The van der Waals surface area contributed by atoms with E-state index in [2.05, 4.69) is 26.6 Å². The Labute approximate surface area is 166 Å². The van der Waals surface area contributed by atoms with Gasteiger partial charge in [-0.15, -0.1) is 0 Å². The standard InChI is InChI=1S/C19H20BrClN2O3/c1-19(2,3)18(25)23-14-6-4-5-13(10-14)22-17(24)11-26-16-8-7-12(20)9-15(16)21/h4-10H,11H2,1-3H3,(H,22,24)(H,23,25). The predicted molar refractivity (Wildman–Crippen MR) is 108 cm³/mol. The van der Waals surface area contributed by atoms with Crippen LogP contribution in [0.1, 0.15) is 20.8 Å². The van der Waals surface area contributed by atoms with Gasteiger partial charge in [-0.1, -0.05) is 54.4 Å². The molecular formula is C19H20BrClN2O3. The molecule has 0 atom stereocenters. The molecule has 0 radical (unpaired) electrons. The average Bonchev–Trinajstić information content (AvgIpc) is 2.53. The third-order valence-electron chi connectivity index (χ3n) is 3.34.